The average molecular weight is 172 g/mol. The molecule has 0 aromatic rings. The van der Waals surface area contributed by atoms with Gasteiger partial charge in [0, 0.05) is 0 Å². The Bertz CT molecular complexity index is 146. The molecule has 0 aromatic carbocycles. The monoisotopic (exact) mass is 172 g/mol. The molecular weight excluding hydrogens is 152 g/mol. The first kappa shape index (κ1) is 11.5. The predicted molar refractivity (Wildman–Crippen MR) is 49.9 cm³/mol. The number of hydrogen-bond acceptors (Lipinski definition) is 2. The van der Waals surface area contributed by atoms with E-state index >= 15 is 0 Å². The van der Waals surface area contributed by atoms with Crippen LogP contribution in [-0.4, -0.2) is 13.1 Å². The van der Waals surface area contributed by atoms with Crippen molar-refractivity contribution < 1.29 is 9.53 Å². The fraction of sp³-hybridized carbons (Fsp3) is 0.900. The van der Waals surface area contributed by atoms with Gasteiger partial charge >= 0.3 is 5.97 Å². The normalized spacial score (nSPS) is 11.8. The number of carbonyl (C=O) groups excluding carboxylic acids is 1. The molecule has 0 radical (unpaired) electrons. The first-order valence-corrected chi connectivity index (χ1v) is 4.59. The third-order valence-corrected chi connectivity index (χ3v) is 2.72. The molecule has 0 N–H and O–H groups in total. The maximum absolute atomic E-state index is 11.4. The van der Waals surface area contributed by atoms with Crippen molar-refractivity contribution in [3.8, 4) is 0 Å². The molecule has 0 unspecified atom stereocenters. The topological polar surface area (TPSA) is 26.3 Å². The minimum atomic E-state index is -0.335. The van der Waals surface area contributed by atoms with E-state index in [1.54, 1.807) is 0 Å². The number of rotatable bonds is 4. The lowest BCUT2D eigenvalue weighted by Gasteiger charge is -2.29. The molecule has 0 amide bonds. The minimum Gasteiger partial charge on any atom is -0.469 e. The summed E-state index contributed by atoms with van der Waals surface area (Å²) in [7, 11) is 1.45. The van der Waals surface area contributed by atoms with Crippen molar-refractivity contribution in [2.45, 2.75) is 40.5 Å². The zero-order valence-electron chi connectivity index (χ0n) is 8.81. The van der Waals surface area contributed by atoms with Crippen molar-refractivity contribution in [2.75, 3.05) is 7.11 Å². The van der Waals surface area contributed by atoms with E-state index in [0.29, 0.717) is 5.92 Å². The van der Waals surface area contributed by atoms with Crippen molar-refractivity contribution in [2.24, 2.45) is 11.3 Å². The van der Waals surface area contributed by atoms with Gasteiger partial charge in [-0.05, 0) is 19.8 Å². The third-order valence-electron chi connectivity index (χ3n) is 2.72. The van der Waals surface area contributed by atoms with Crippen LogP contribution in [0.4, 0.5) is 0 Å². The van der Waals surface area contributed by atoms with E-state index in [1.807, 2.05) is 13.8 Å². The van der Waals surface area contributed by atoms with Gasteiger partial charge in [-0.1, -0.05) is 26.7 Å². The van der Waals surface area contributed by atoms with Crippen LogP contribution in [0.2, 0.25) is 0 Å². The van der Waals surface area contributed by atoms with Gasteiger partial charge in [-0.15, -0.1) is 0 Å². The number of esters is 1. The summed E-state index contributed by atoms with van der Waals surface area (Å²) < 4.78 is 4.76. The molecule has 2 nitrogen and oxygen atoms in total. The Balaban J connectivity index is 4.44. The van der Waals surface area contributed by atoms with E-state index in [1.165, 1.54) is 7.11 Å². The van der Waals surface area contributed by atoms with Crippen LogP contribution in [0.1, 0.15) is 40.5 Å². The van der Waals surface area contributed by atoms with Crippen molar-refractivity contribution in [1.29, 1.82) is 0 Å². The highest BCUT2D eigenvalue weighted by Crippen LogP contribution is 2.32. The Morgan fingerprint density at radius 2 is 1.75 bits per heavy atom. The highest BCUT2D eigenvalue weighted by Gasteiger charge is 2.35. The second-order valence-electron chi connectivity index (χ2n) is 3.73. The van der Waals surface area contributed by atoms with Crippen LogP contribution in [0.15, 0.2) is 0 Å². The van der Waals surface area contributed by atoms with E-state index in [0.717, 1.165) is 12.8 Å². The molecule has 12 heavy (non-hydrogen) atoms. The zero-order valence-corrected chi connectivity index (χ0v) is 8.81. The molecule has 0 aliphatic rings. The number of carbonyl (C=O) groups is 1. The van der Waals surface area contributed by atoms with Gasteiger partial charge in [0.25, 0.3) is 0 Å². The van der Waals surface area contributed by atoms with Crippen LogP contribution >= 0.6 is 0 Å². The van der Waals surface area contributed by atoms with Crippen LogP contribution in [0.3, 0.4) is 0 Å². The fourth-order valence-corrected chi connectivity index (χ4v) is 1.74. The summed E-state index contributed by atoms with van der Waals surface area (Å²) in [4.78, 5) is 11.4. The first-order valence-electron chi connectivity index (χ1n) is 4.59. The molecular formula is C10H20O2. The Morgan fingerprint density at radius 3 is 2.00 bits per heavy atom. The van der Waals surface area contributed by atoms with Crippen molar-refractivity contribution in [3.63, 3.8) is 0 Å². The molecule has 0 saturated carbocycles. The lowest BCUT2D eigenvalue weighted by Crippen LogP contribution is -2.33. The Morgan fingerprint density at radius 1 is 1.33 bits per heavy atom. The van der Waals surface area contributed by atoms with Crippen LogP contribution in [0.5, 0.6) is 0 Å². The van der Waals surface area contributed by atoms with Gasteiger partial charge in [-0.25, -0.2) is 0 Å². The van der Waals surface area contributed by atoms with Gasteiger partial charge < -0.3 is 4.74 Å². The average Bonchev–Trinajstić information content (AvgIpc) is 2.04. The van der Waals surface area contributed by atoms with Crippen LogP contribution in [-0.2, 0) is 9.53 Å². The lowest BCUT2D eigenvalue weighted by molar-refractivity contribution is -0.154. The second-order valence-corrected chi connectivity index (χ2v) is 3.73. The molecule has 0 aromatic heterocycles. The molecule has 0 saturated heterocycles. The van der Waals surface area contributed by atoms with Crippen LogP contribution in [0.25, 0.3) is 0 Å². The second kappa shape index (κ2) is 4.48. The summed E-state index contributed by atoms with van der Waals surface area (Å²) in [5, 5.41) is 0. The zero-order chi connectivity index (χ0) is 9.78. The molecule has 0 spiro atoms. The largest absolute Gasteiger partial charge is 0.469 e. The summed E-state index contributed by atoms with van der Waals surface area (Å²) in [6, 6.07) is 0. The Hall–Kier alpha value is -0.530. The quantitative estimate of drug-likeness (QED) is 0.609. The minimum absolute atomic E-state index is 0.101. The molecule has 0 aliphatic heterocycles. The van der Waals surface area contributed by atoms with E-state index in [2.05, 4.69) is 13.8 Å². The van der Waals surface area contributed by atoms with Crippen molar-refractivity contribution in [3.05, 3.63) is 0 Å². The van der Waals surface area contributed by atoms with Gasteiger partial charge in [0.15, 0.2) is 0 Å². The van der Waals surface area contributed by atoms with Gasteiger partial charge in [0.1, 0.15) is 0 Å². The molecule has 0 fully saturated rings. The molecule has 0 bridgehead atoms. The predicted octanol–water partition coefficient (Wildman–Crippen LogP) is 2.62. The summed E-state index contributed by atoms with van der Waals surface area (Å²) in [5.74, 6) is 0.321. The summed E-state index contributed by atoms with van der Waals surface area (Å²) in [5.41, 5.74) is -0.335. The van der Waals surface area contributed by atoms with Gasteiger partial charge in [-0.3, -0.25) is 4.79 Å². The highest BCUT2D eigenvalue weighted by molar-refractivity contribution is 5.76. The number of hydrogen-bond donors (Lipinski definition) is 0. The van der Waals surface area contributed by atoms with Crippen LogP contribution < -0.4 is 0 Å². The standard InChI is InChI=1S/C10H20O2/c1-6-8(7-2)10(3,4)9(11)12-5/h8H,6-7H2,1-5H3. The van der Waals surface area contributed by atoms with Crippen LogP contribution in [0, 0.1) is 11.3 Å². The number of ether oxygens (including phenoxy) is 1. The smallest absolute Gasteiger partial charge is 0.311 e. The molecule has 0 rings (SSSR count). The molecule has 0 atom stereocenters. The molecule has 0 heterocycles. The maximum atomic E-state index is 11.4. The van der Waals surface area contributed by atoms with E-state index in [-0.39, 0.29) is 11.4 Å². The highest BCUT2D eigenvalue weighted by atomic mass is 16.5. The third kappa shape index (κ3) is 2.23. The van der Waals surface area contributed by atoms with Gasteiger partial charge in [0.2, 0.25) is 0 Å². The van der Waals surface area contributed by atoms with Gasteiger partial charge in [0.05, 0.1) is 12.5 Å². The number of methoxy groups -OCH3 is 1. The van der Waals surface area contributed by atoms with Crippen molar-refractivity contribution in [1.82, 2.24) is 0 Å². The SMILES string of the molecule is CCC(CC)C(C)(C)C(=O)OC. The Labute approximate surface area is 75.3 Å². The van der Waals surface area contributed by atoms with E-state index in [4.69, 9.17) is 4.74 Å². The van der Waals surface area contributed by atoms with E-state index < -0.39 is 0 Å². The summed E-state index contributed by atoms with van der Waals surface area (Å²) >= 11 is 0. The summed E-state index contributed by atoms with van der Waals surface area (Å²) in [6.07, 6.45) is 2.05. The first-order chi connectivity index (χ1) is 5.50. The maximum Gasteiger partial charge on any atom is 0.311 e. The summed E-state index contributed by atoms with van der Waals surface area (Å²) in [6.45, 7) is 8.13. The Kier molecular flexibility index (Phi) is 4.29. The van der Waals surface area contributed by atoms with Crippen molar-refractivity contribution >= 4 is 5.97 Å². The molecule has 0 aliphatic carbocycles. The molecule has 72 valence electrons. The lowest BCUT2D eigenvalue weighted by atomic mass is 9.76. The van der Waals surface area contributed by atoms with E-state index in [9.17, 15) is 4.79 Å². The molecule has 2 heteroatoms. The fourth-order valence-electron chi connectivity index (χ4n) is 1.74. The van der Waals surface area contributed by atoms with Gasteiger partial charge in [-0.2, -0.15) is 0 Å².